The third kappa shape index (κ3) is 6.28. The molecule has 1 aliphatic heterocycles. The molecule has 1 saturated heterocycles. The van der Waals surface area contributed by atoms with Crippen molar-refractivity contribution in [3.8, 4) is 17.1 Å². The van der Waals surface area contributed by atoms with Gasteiger partial charge in [-0.25, -0.2) is 9.78 Å². The van der Waals surface area contributed by atoms with Gasteiger partial charge in [0.25, 0.3) is 0 Å². The van der Waals surface area contributed by atoms with Gasteiger partial charge in [-0.05, 0) is 36.4 Å². The summed E-state index contributed by atoms with van der Waals surface area (Å²) in [5.41, 5.74) is 3.13. The number of imidazole rings is 1. The maximum Gasteiger partial charge on any atom is 0.324 e. The van der Waals surface area contributed by atoms with E-state index < -0.39 is 6.03 Å². The fourth-order valence-corrected chi connectivity index (χ4v) is 4.01. The number of H-pyrrole nitrogens is 1. The van der Waals surface area contributed by atoms with E-state index in [0.717, 1.165) is 61.0 Å². The molecule has 10 nitrogen and oxygen atoms in total. The normalized spacial score (nSPS) is 14.6. The van der Waals surface area contributed by atoms with E-state index >= 15 is 0 Å². The van der Waals surface area contributed by atoms with Gasteiger partial charge in [0.2, 0.25) is 0 Å². The maximum atomic E-state index is 12.4. The lowest BCUT2D eigenvalue weighted by molar-refractivity contribution is 0.0322. The number of nitrogens with zero attached hydrogens (tertiary/aromatic N) is 3. The number of hydrogen-bond donors (Lipinski definition) is 3. The molecule has 1 aliphatic rings. The number of fused-ring (bicyclic) bond motifs is 1. The zero-order chi connectivity index (χ0) is 25.8. The summed E-state index contributed by atoms with van der Waals surface area (Å²) in [5.74, 6) is 2.62. The summed E-state index contributed by atoms with van der Waals surface area (Å²) in [7, 11) is 0. The Morgan fingerprint density at radius 2 is 1.86 bits per heavy atom. The van der Waals surface area contributed by atoms with Crippen LogP contribution in [0.3, 0.4) is 0 Å². The predicted octanol–water partition coefficient (Wildman–Crippen LogP) is 4.87. The van der Waals surface area contributed by atoms with Crippen LogP contribution in [-0.4, -0.2) is 65.5 Å². The molecule has 0 spiro atoms. The number of morpholine rings is 1. The third-order valence-corrected chi connectivity index (χ3v) is 6.14. The Hall–Kier alpha value is -3.89. The van der Waals surface area contributed by atoms with Crippen LogP contribution in [0.25, 0.3) is 22.4 Å². The van der Waals surface area contributed by atoms with Crippen molar-refractivity contribution < 1.29 is 18.8 Å². The van der Waals surface area contributed by atoms with Crippen molar-refractivity contribution in [1.82, 2.24) is 20.0 Å². The van der Waals surface area contributed by atoms with Gasteiger partial charge in [0, 0.05) is 48.4 Å². The summed E-state index contributed by atoms with van der Waals surface area (Å²) in [6, 6.07) is 14.7. The average Bonchev–Trinajstić information content (AvgIpc) is 3.52. The molecule has 3 N–H and O–H groups in total. The zero-order valence-corrected chi connectivity index (χ0v) is 21.3. The summed E-state index contributed by atoms with van der Waals surface area (Å²) < 4.78 is 16.6. The lowest BCUT2D eigenvalue weighted by Crippen LogP contribution is -2.38. The minimum atomic E-state index is -0.397. The molecule has 0 bridgehead atoms. The number of anilines is 2. The fourth-order valence-electron chi connectivity index (χ4n) is 4.01. The van der Waals surface area contributed by atoms with Gasteiger partial charge < -0.3 is 24.3 Å². The topological polar surface area (TPSA) is 118 Å². The molecule has 2 aromatic heterocycles. The van der Waals surface area contributed by atoms with Crippen molar-refractivity contribution in [2.24, 2.45) is 0 Å². The molecule has 0 aliphatic carbocycles. The number of aromatic amines is 1. The number of urea groups is 1. The van der Waals surface area contributed by atoms with E-state index in [1.54, 1.807) is 6.07 Å². The van der Waals surface area contributed by atoms with Gasteiger partial charge in [-0.3, -0.25) is 10.2 Å². The highest BCUT2D eigenvalue weighted by atomic mass is 16.5. The summed E-state index contributed by atoms with van der Waals surface area (Å²) in [6.07, 6.45) is 0. The van der Waals surface area contributed by atoms with Gasteiger partial charge in [0.1, 0.15) is 23.9 Å². The number of carbonyl (C=O) groups excluding carboxylic acids is 1. The number of hydrogen-bond acceptors (Lipinski definition) is 7. The van der Waals surface area contributed by atoms with Gasteiger partial charge in [0.15, 0.2) is 5.82 Å². The van der Waals surface area contributed by atoms with Gasteiger partial charge in [-0.2, -0.15) is 0 Å². The first kappa shape index (κ1) is 24.8. The van der Waals surface area contributed by atoms with Crippen molar-refractivity contribution in [2.45, 2.75) is 26.2 Å². The van der Waals surface area contributed by atoms with Crippen LogP contribution in [0.4, 0.5) is 16.3 Å². The second kappa shape index (κ2) is 10.6. The Morgan fingerprint density at radius 3 is 2.59 bits per heavy atom. The Balaban J connectivity index is 1.17. The molecule has 0 atom stereocenters. The lowest BCUT2D eigenvalue weighted by Gasteiger charge is -2.26. The SMILES string of the molecule is CC(C)(C)c1cc(NC(=O)Nc2ccc(-c3nc4ccc(OCCN5CCOCC5)cc4[nH]3)cc2)no1. The number of rotatable bonds is 7. The summed E-state index contributed by atoms with van der Waals surface area (Å²) in [6.45, 7) is 11.0. The van der Waals surface area contributed by atoms with E-state index in [9.17, 15) is 4.79 Å². The number of ether oxygens (including phenoxy) is 2. The summed E-state index contributed by atoms with van der Waals surface area (Å²) in [5, 5.41) is 9.40. The van der Waals surface area contributed by atoms with Gasteiger partial charge >= 0.3 is 6.03 Å². The minimum Gasteiger partial charge on any atom is -0.492 e. The highest BCUT2D eigenvalue weighted by molar-refractivity contribution is 5.99. The van der Waals surface area contributed by atoms with Crippen molar-refractivity contribution >= 4 is 28.6 Å². The number of aromatic nitrogens is 3. The first-order valence-electron chi connectivity index (χ1n) is 12.4. The molecule has 4 aromatic rings. The van der Waals surface area contributed by atoms with Gasteiger partial charge in [0.05, 0.1) is 24.2 Å². The Morgan fingerprint density at radius 1 is 1.08 bits per heavy atom. The standard InChI is InChI=1S/C27H32N6O4/c1-27(2,3)23-17-24(32-37-23)31-26(34)28-19-6-4-18(5-7-19)25-29-21-9-8-20(16-22(21)30-25)36-15-12-33-10-13-35-14-11-33/h4-9,16-17H,10-15H2,1-3H3,(H,29,30)(H2,28,31,32,34). The summed E-state index contributed by atoms with van der Waals surface area (Å²) >= 11 is 0. The maximum absolute atomic E-state index is 12.4. The van der Waals surface area contributed by atoms with Gasteiger partial charge in [-0.15, -0.1) is 0 Å². The lowest BCUT2D eigenvalue weighted by atomic mass is 9.93. The third-order valence-electron chi connectivity index (χ3n) is 6.14. The molecule has 0 saturated carbocycles. The molecule has 37 heavy (non-hydrogen) atoms. The van der Waals surface area contributed by atoms with Crippen LogP contribution >= 0.6 is 0 Å². The largest absolute Gasteiger partial charge is 0.492 e. The molecular weight excluding hydrogens is 472 g/mol. The minimum absolute atomic E-state index is 0.187. The molecule has 2 amide bonds. The fraction of sp³-hybridized carbons (Fsp3) is 0.370. The molecule has 2 aromatic carbocycles. The quantitative estimate of drug-likeness (QED) is 0.329. The van der Waals surface area contributed by atoms with Crippen LogP contribution in [0.5, 0.6) is 5.75 Å². The first-order valence-corrected chi connectivity index (χ1v) is 12.4. The molecule has 3 heterocycles. The van der Waals surface area contributed by atoms with E-state index in [2.05, 4.69) is 25.7 Å². The van der Waals surface area contributed by atoms with Gasteiger partial charge in [-0.1, -0.05) is 25.9 Å². The van der Waals surface area contributed by atoms with Crippen molar-refractivity contribution in [1.29, 1.82) is 0 Å². The van der Waals surface area contributed by atoms with Crippen LogP contribution in [0.1, 0.15) is 26.5 Å². The monoisotopic (exact) mass is 504 g/mol. The van der Waals surface area contributed by atoms with E-state index in [4.69, 9.17) is 19.0 Å². The molecule has 1 fully saturated rings. The highest BCUT2D eigenvalue weighted by Crippen LogP contribution is 2.26. The zero-order valence-electron chi connectivity index (χ0n) is 21.3. The highest BCUT2D eigenvalue weighted by Gasteiger charge is 2.20. The van der Waals surface area contributed by atoms with Crippen molar-refractivity contribution in [2.75, 3.05) is 50.1 Å². The molecule has 0 radical (unpaired) electrons. The van der Waals surface area contributed by atoms with Crippen LogP contribution in [0, 0.1) is 0 Å². The Kier molecular flexibility index (Phi) is 7.11. The number of amides is 2. The summed E-state index contributed by atoms with van der Waals surface area (Å²) in [4.78, 5) is 22.8. The Labute approximate surface area is 215 Å². The van der Waals surface area contributed by atoms with Crippen molar-refractivity contribution in [3.63, 3.8) is 0 Å². The predicted molar refractivity (Wildman–Crippen MR) is 142 cm³/mol. The molecule has 0 unspecified atom stereocenters. The van der Waals surface area contributed by atoms with Crippen molar-refractivity contribution in [3.05, 3.63) is 54.3 Å². The van der Waals surface area contributed by atoms with Crippen LogP contribution in [-0.2, 0) is 10.2 Å². The molecule has 10 heteroatoms. The Bertz CT molecular complexity index is 1350. The van der Waals surface area contributed by atoms with Crippen LogP contribution in [0.2, 0.25) is 0 Å². The number of nitrogens with one attached hydrogen (secondary N) is 3. The second-order valence-corrected chi connectivity index (χ2v) is 10.0. The van der Waals surface area contributed by atoms with E-state index in [-0.39, 0.29) is 5.41 Å². The molecule has 194 valence electrons. The van der Waals surface area contributed by atoms with E-state index in [1.165, 1.54) is 0 Å². The molecule has 5 rings (SSSR count). The van der Waals surface area contributed by atoms with Crippen LogP contribution < -0.4 is 15.4 Å². The average molecular weight is 505 g/mol. The van der Waals surface area contributed by atoms with Crippen LogP contribution in [0.15, 0.2) is 53.1 Å². The smallest absolute Gasteiger partial charge is 0.324 e. The first-order chi connectivity index (χ1) is 17.8. The number of benzene rings is 2. The molecular formula is C27H32N6O4. The second-order valence-electron chi connectivity index (χ2n) is 10.0. The van der Waals surface area contributed by atoms with E-state index in [1.807, 2.05) is 63.2 Å². The number of carbonyl (C=O) groups is 1. The van der Waals surface area contributed by atoms with E-state index in [0.29, 0.717) is 23.9 Å².